The van der Waals surface area contributed by atoms with Crippen LogP contribution in [0.15, 0.2) is 0 Å². The van der Waals surface area contributed by atoms with Gasteiger partial charge in [-0.2, -0.15) is 12.6 Å². The van der Waals surface area contributed by atoms with Gasteiger partial charge in [0.25, 0.3) is 0 Å². The molecule has 0 spiro atoms. The van der Waals surface area contributed by atoms with Crippen molar-refractivity contribution in [2.45, 2.75) is 45.3 Å². The Hall–Kier alpha value is -1.81. The zero-order chi connectivity index (χ0) is 18.9. The smallest absolute Gasteiger partial charge is 0.325 e. The van der Waals surface area contributed by atoms with E-state index >= 15 is 0 Å². The van der Waals surface area contributed by atoms with Crippen molar-refractivity contribution in [1.82, 2.24) is 16.0 Å². The maximum Gasteiger partial charge on any atom is 0.325 e. The second-order valence-corrected chi connectivity index (χ2v) is 6.19. The van der Waals surface area contributed by atoms with E-state index in [2.05, 4.69) is 28.6 Å². The summed E-state index contributed by atoms with van der Waals surface area (Å²) in [4.78, 5) is 46.0. The van der Waals surface area contributed by atoms with E-state index in [0.717, 1.165) is 0 Å². The highest BCUT2D eigenvalue weighted by atomic mass is 32.1. The number of carboxylic acid groups (broad SMARTS) is 1. The predicted octanol–water partition coefficient (Wildman–Crippen LogP) is -1.52. The lowest BCUT2D eigenvalue weighted by Gasteiger charge is -2.20. The van der Waals surface area contributed by atoms with Gasteiger partial charge in [0.1, 0.15) is 12.1 Å². The largest absolute Gasteiger partial charge is 0.480 e. The van der Waals surface area contributed by atoms with Gasteiger partial charge in [-0.25, -0.2) is 0 Å². The zero-order valence-electron chi connectivity index (χ0n) is 14.0. The van der Waals surface area contributed by atoms with Crippen molar-refractivity contribution >= 4 is 36.3 Å². The summed E-state index contributed by atoms with van der Waals surface area (Å²) in [7, 11) is 0. The molecule has 0 saturated carbocycles. The molecule has 10 heteroatoms. The van der Waals surface area contributed by atoms with E-state index in [0.29, 0.717) is 6.42 Å². The first-order valence-electron chi connectivity index (χ1n) is 7.55. The molecular formula is C14H26N4O5S. The van der Waals surface area contributed by atoms with Crippen molar-refractivity contribution in [3.05, 3.63) is 0 Å². The Kier molecular flexibility index (Phi) is 10.0. The Morgan fingerprint density at radius 3 is 2.12 bits per heavy atom. The lowest BCUT2D eigenvalue weighted by Crippen LogP contribution is -2.54. The van der Waals surface area contributed by atoms with Gasteiger partial charge in [-0.05, 0) is 19.3 Å². The Morgan fingerprint density at radius 2 is 1.67 bits per heavy atom. The highest BCUT2D eigenvalue weighted by Crippen LogP contribution is 2.03. The van der Waals surface area contributed by atoms with Crippen LogP contribution >= 0.6 is 12.6 Å². The number of amides is 3. The van der Waals surface area contributed by atoms with Crippen LogP contribution in [0.1, 0.15) is 27.2 Å². The van der Waals surface area contributed by atoms with Crippen LogP contribution in [0, 0.1) is 5.92 Å². The van der Waals surface area contributed by atoms with Crippen LogP contribution < -0.4 is 21.7 Å². The number of hydrogen-bond donors (Lipinski definition) is 6. The molecule has 0 aliphatic carbocycles. The molecule has 0 fully saturated rings. The predicted molar refractivity (Wildman–Crippen MR) is 91.5 cm³/mol. The summed E-state index contributed by atoms with van der Waals surface area (Å²) in [6, 6.07) is -2.74. The van der Waals surface area contributed by atoms with Crippen LogP contribution in [-0.2, 0) is 19.2 Å². The molecule has 0 bridgehead atoms. The SMILES string of the molecule is CC(C)CC(N)C(=O)NC(CS)C(=O)NCC(=O)NC(C)C(=O)O. The summed E-state index contributed by atoms with van der Waals surface area (Å²) in [5.74, 6) is -2.66. The maximum absolute atomic E-state index is 12.0. The van der Waals surface area contributed by atoms with Gasteiger partial charge in [0.15, 0.2) is 0 Å². The average Bonchev–Trinajstić information content (AvgIpc) is 2.48. The Morgan fingerprint density at radius 1 is 1.08 bits per heavy atom. The molecule has 3 atom stereocenters. The van der Waals surface area contributed by atoms with Crippen LogP contribution in [0.2, 0.25) is 0 Å². The second-order valence-electron chi connectivity index (χ2n) is 5.83. The van der Waals surface area contributed by atoms with E-state index in [9.17, 15) is 19.2 Å². The fraction of sp³-hybridized carbons (Fsp3) is 0.714. The highest BCUT2D eigenvalue weighted by Gasteiger charge is 2.23. The quantitative estimate of drug-likeness (QED) is 0.260. The fourth-order valence-electron chi connectivity index (χ4n) is 1.73. The molecule has 0 aromatic carbocycles. The molecule has 3 amide bonds. The summed E-state index contributed by atoms with van der Waals surface area (Å²) >= 11 is 4.00. The van der Waals surface area contributed by atoms with Crippen molar-refractivity contribution in [3.8, 4) is 0 Å². The van der Waals surface area contributed by atoms with E-state index in [1.807, 2.05) is 13.8 Å². The summed E-state index contributed by atoms with van der Waals surface area (Å²) in [6.45, 7) is 4.74. The topological polar surface area (TPSA) is 151 Å². The third-order valence-electron chi connectivity index (χ3n) is 3.05. The first-order chi connectivity index (χ1) is 11.1. The first-order valence-corrected chi connectivity index (χ1v) is 8.18. The number of aliphatic carboxylic acids is 1. The van der Waals surface area contributed by atoms with Gasteiger partial charge in [0.2, 0.25) is 17.7 Å². The van der Waals surface area contributed by atoms with E-state index in [4.69, 9.17) is 10.8 Å². The van der Waals surface area contributed by atoms with E-state index in [-0.39, 0.29) is 11.7 Å². The minimum absolute atomic E-state index is 0.0269. The molecule has 0 aliphatic rings. The third-order valence-corrected chi connectivity index (χ3v) is 3.41. The molecule has 0 aromatic rings. The number of nitrogens with two attached hydrogens (primary N) is 1. The minimum atomic E-state index is -1.19. The van der Waals surface area contributed by atoms with Crippen molar-refractivity contribution in [2.24, 2.45) is 11.7 Å². The highest BCUT2D eigenvalue weighted by molar-refractivity contribution is 7.80. The molecule has 24 heavy (non-hydrogen) atoms. The second kappa shape index (κ2) is 10.9. The molecule has 9 nitrogen and oxygen atoms in total. The number of carboxylic acids is 1. The minimum Gasteiger partial charge on any atom is -0.480 e. The molecule has 138 valence electrons. The van der Waals surface area contributed by atoms with Gasteiger partial charge < -0.3 is 26.8 Å². The van der Waals surface area contributed by atoms with Gasteiger partial charge in [-0.15, -0.1) is 0 Å². The maximum atomic E-state index is 12.0. The molecule has 0 heterocycles. The number of thiol groups is 1. The van der Waals surface area contributed by atoms with Gasteiger partial charge in [-0.1, -0.05) is 13.8 Å². The monoisotopic (exact) mass is 362 g/mol. The van der Waals surface area contributed by atoms with Gasteiger partial charge in [-0.3, -0.25) is 19.2 Å². The Bertz CT molecular complexity index is 472. The van der Waals surface area contributed by atoms with E-state index in [1.54, 1.807) is 0 Å². The summed E-state index contributed by atoms with van der Waals surface area (Å²) in [5, 5.41) is 15.7. The van der Waals surface area contributed by atoms with Crippen LogP contribution in [0.25, 0.3) is 0 Å². The zero-order valence-corrected chi connectivity index (χ0v) is 14.9. The lowest BCUT2D eigenvalue weighted by molar-refractivity contribution is -0.141. The average molecular weight is 362 g/mol. The normalized spacial score (nSPS) is 14.4. The van der Waals surface area contributed by atoms with E-state index in [1.165, 1.54) is 6.92 Å². The van der Waals surface area contributed by atoms with Crippen LogP contribution in [0.4, 0.5) is 0 Å². The number of carbonyl (C=O) groups is 4. The lowest BCUT2D eigenvalue weighted by atomic mass is 10.0. The van der Waals surface area contributed by atoms with Crippen molar-refractivity contribution in [1.29, 1.82) is 0 Å². The van der Waals surface area contributed by atoms with Crippen molar-refractivity contribution < 1.29 is 24.3 Å². The summed E-state index contributed by atoms with van der Waals surface area (Å²) < 4.78 is 0. The summed E-state index contributed by atoms with van der Waals surface area (Å²) in [6.07, 6.45) is 0.474. The van der Waals surface area contributed by atoms with Crippen molar-refractivity contribution in [2.75, 3.05) is 12.3 Å². The molecule has 0 aromatic heterocycles. The molecule has 6 N–H and O–H groups in total. The Labute approximate surface area is 146 Å². The number of rotatable bonds is 10. The molecule has 0 aliphatic heterocycles. The molecular weight excluding hydrogens is 336 g/mol. The molecule has 0 rings (SSSR count). The third kappa shape index (κ3) is 8.73. The van der Waals surface area contributed by atoms with Gasteiger partial charge >= 0.3 is 5.97 Å². The van der Waals surface area contributed by atoms with Gasteiger partial charge in [0.05, 0.1) is 12.6 Å². The fourth-order valence-corrected chi connectivity index (χ4v) is 1.99. The molecule has 3 unspecified atom stereocenters. The molecule has 0 saturated heterocycles. The standard InChI is InChI=1S/C14H26N4O5S/c1-7(2)4-9(15)12(20)18-10(6-24)13(21)16-5-11(19)17-8(3)14(22)23/h7-10,24H,4-6,15H2,1-3H3,(H,16,21)(H,17,19)(H,18,20)(H,22,23). The van der Waals surface area contributed by atoms with Crippen LogP contribution in [0.5, 0.6) is 0 Å². The van der Waals surface area contributed by atoms with Crippen LogP contribution in [-0.4, -0.2) is 59.2 Å². The first kappa shape index (κ1) is 22.2. The van der Waals surface area contributed by atoms with Crippen molar-refractivity contribution in [3.63, 3.8) is 0 Å². The number of nitrogens with one attached hydrogen (secondary N) is 3. The number of hydrogen-bond acceptors (Lipinski definition) is 6. The molecule has 0 radical (unpaired) electrons. The van der Waals surface area contributed by atoms with E-state index < -0.39 is 48.4 Å². The Balaban J connectivity index is 4.42. The number of carbonyl (C=O) groups excluding carboxylic acids is 3. The van der Waals surface area contributed by atoms with Crippen LogP contribution in [0.3, 0.4) is 0 Å². The van der Waals surface area contributed by atoms with Gasteiger partial charge in [0, 0.05) is 5.75 Å². The summed E-state index contributed by atoms with van der Waals surface area (Å²) in [5.41, 5.74) is 5.74.